The molecular weight excluding hydrogens is 206 g/mol. The molecule has 0 aromatic heterocycles. The largest absolute Gasteiger partial charge is 0.496 e. The quantitative estimate of drug-likeness (QED) is 0.733. The van der Waals surface area contributed by atoms with Gasteiger partial charge in [-0.3, -0.25) is 0 Å². The highest BCUT2D eigenvalue weighted by Crippen LogP contribution is 2.30. The third-order valence-electron chi connectivity index (χ3n) is 2.49. The molecule has 0 spiro atoms. The van der Waals surface area contributed by atoms with E-state index in [9.17, 15) is 4.79 Å². The molecule has 0 saturated carbocycles. The molecule has 0 aliphatic heterocycles. The lowest BCUT2D eigenvalue weighted by atomic mass is 10.0. The fourth-order valence-electron chi connectivity index (χ4n) is 1.69. The molecule has 0 heterocycles. The molecule has 0 atom stereocenters. The number of rotatable bonds is 3. The maximum absolute atomic E-state index is 11.7. The highest BCUT2D eigenvalue weighted by molar-refractivity contribution is 5.96. The Bertz CT molecular complexity index is 399. The van der Waals surface area contributed by atoms with Crippen molar-refractivity contribution in [3.05, 3.63) is 23.3 Å². The average molecular weight is 223 g/mol. The summed E-state index contributed by atoms with van der Waals surface area (Å²) in [4.78, 5) is 13.6. The van der Waals surface area contributed by atoms with Gasteiger partial charge in [0.2, 0.25) is 0 Å². The summed E-state index contributed by atoms with van der Waals surface area (Å²) in [6, 6.07) is 3.69. The van der Waals surface area contributed by atoms with Gasteiger partial charge in [0, 0.05) is 19.8 Å². The molecule has 0 fully saturated rings. The third-order valence-corrected chi connectivity index (χ3v) is 2.49. The van der Waals surface area contributed by atoms with E-state index in [4.69, 9.17) is 9.47 Å². The molecule has 0 radical (unpaired) electrons. The molecule has 0 saturated heterocycles. The van der Waals surface area contributed by atoms with Crippen LogP contribution in [0, 0.1) is 6.92 Å². The Morgan fingerprint density at radius 1 is 1.25 bits per heavy atom. The second-order valence-corrected chi connectivity index (χ2v) is 3.67. The van der Waals surface area contributed by atoms with Gasteiger partial charge in [-0.05, 0) is 24.6 Å². The average Bonchev–Trinajstić information content (AvgIpc) is 2.26. The summed E-state index contributed by atoms with van der Waals surface area (Å²) in [5, 5.41) is 0. The first-order chi connectivity index (χ1) is 7.52. The lowest BCUT2D eigenvalue weighted by Gasteiger charge is -2.19. The van der Waals surface area contributed by atoms with E-state index in [-0.39, 0.29) is 5.97 Å². The van der Waals surface area contributed by atoms with Crippen LogP contribution in [-0.4, -0.2) is 34.3 Å². The Morgan fingerprint density at radius 2 is 1.88 bits per heavy atom. The van der Waals surface area contributed by atoms with Crippen LogP contribution in [0.4, 0.5) is 5.69 Å². The molecule has 0 aliphatic rings. The summed E-state index contributed by atoms with van der Waals surface area (Å²) < 4.78 is 9.92. The van der Waals surface area contributed by atoms with Gasteiger partial charge in [-0.1, -0.05) is 0 Å². The lowest BCUT2D eigenvalue weighted by Crippen LogP contribution is -2.14. The second-order valence-electron chi connectivity index (χ2n) is 3.67. The number of carbonyl (C=O) groups excluding carboxylic acids is 1. The van der Waals surface area contributed by atoms with E-state index in [1.807, 2.05) is 32.0 Å². The zero-order valence-corrected chi connectivity index (χ0v) is 10.3. The Kier molecular flexibility index (Phi) is 3.77. The molecule has 0 aliphatic carbocycles. The number of anilines is 1. The number of hydrogen-bond donors (Lipinski definition) is 0. The Balaban J connectivity index is 3.40. The molecule has 4 heteroatoms. The van der Waals surface area contributed by atoms with Gasteiger partial charge in [0.1, 0.15) is 11.3 Å². The van der Waals surface area contributed by atoms with E-state index in [0.717, 1.165) is 11.3 Å². The van der Waals surface area contributed by atoms with Gasteiger partial charge in [0.05, 0.1) is 14.2 Å². The maximum atomic E-state index is 11.7. The van der Waals surface area contributed by atoms with Gasteiger partial charge in [-0.25, -0.2) is 4.79 Å². The molecule has 0 bridgehead atoms. The minimum absolute atomic E-state index is 0.377. The van der Waals surface area contributed by atoms with Crippen molar-refractivity contribution in [1.82, 2.24) is 0 Å². The van der Waals surface area contributed by atoms with E-state index in [0.29, 0.717) is 11.3 Å². The van der Waals surface area contributed by atoms with Gasteiger partial charge >= 0.3 is 5.97 Å². The third kappa shape index (κ3) is 2.10. The van der Waals surface area contributed by atoms with Crippen molar-refractivity contribution in [2.75, 3.05) is 33.2 Å². The Morgan fingerprint density at radius 3 is 2.31 bits per heavy atom. The van der Waals surface area contributed by atoms with Crippen molar-refractivity contribution in [3.8, 4) is 5.75 Å². The van der Waals surface area contributed by atoms with Crippen molar-refractivity contribution in [3.63, 3.8) is 0 Å². The molecule has 0 N–H and O–H groups in total. The summed E-state index contributed by atoms with van der Waals surface area (Å²) in [7, 11) is 6.76. The zero-order chi connectivity index (χ0) is 12.3. The number of carbonyl (C=O) groups is 1. The summed E-state index contributed by atoms with van der Waals surface area (Å²) in [6.45, 7) is 1.88. The van der Waals surface area contributed by atoms with Crippen LogP contribution in [0.3, 0.4) is 0 Å². The maximum Gasteiger partial charge on any atom is 0.341 e. The Labute approximate surface area is 95.8 Å². The topological polar surface area (TPSA) is 38.8 Å². The standard InChI is InChI=1S/C12H17NO3/c1-8-9(13(2)3)6-7-10(15-4)11(8)12(14)16-5/h6-7H,1-5H3. The van der Waals surface area contributed by atoms with Crippen LogP contribution in [0.2, 0.25) is 0 Å². The highest BCUT2D eigenvalue weighted by Gasteiger charge is 2.18. The highest BCUT2D eigenvalue weighted by atomic mass is 16.5. The number of ether oxygens (including phenoxy) is 2. The molecule has 1 aromatic rings. The molecule has 1 rings (SSSR count). The van der Waals surface area contributed by atoms with Gasteiger partial charge < -0.3 is 14.4 Å². The number of methoxy groups -OCH3 is 2. The van der Waals surface area contributed by atoms with E-state index < -0.39 is 0 Å². The van der Waals surface area contributed by atoms with E-state index in [1.54, 1.807) is 6.07 Å². The summed E-state index contributed by atoms with van der Waals surface area (Å²) in [6.07, 6.45) is 0. The van der Waals surface area contributed by atoms with E-state index in [2.05, 4.69) is 0 Å². The fraction of sp³-hybridized carbons (Fsp3) is 0.417. The summed E-state index contributed by atoms with van der Waals surface area (Å²) in [5.74, 6) is 0.160. The first-order valence-electron chi connectivity index (χ1n) is 4.96. The van der Waals surface area contributed by atoms with E-state index >= 15 is 0 Å². The molecule has 4 nitrogen and oxygen atoms in total. The van der Waals surface area contributed by atoms with Crippen molar-refractivity contribution in [1.29, 1.82) is 0 Å². The lowest BCUT2D eigenvalue weighted by molar-refractivity contribution is 0.0596. The molecular formula is C12H17NO3. The normalized spacial score (nSPS) is 9.81. The van der Waals surface area contributed by atoms with Crippen LogP contribution in [-0.2, 0) is 4.74 Å². The van der Waals surface area contributed by atoms with E-state index in [1.165, 1.54) is 14.2 Å². The van der Waals surface area contributed by atoms with Crippen molar-refractivity contribution in [2.45, 2.75) is 6.92 Å². The van der Waals surface area contributed by atoms with Crippen molar-refractivity contribution < 1.29 is 14.3 Å². The van der Waals surface area contributed by atoms with Crippen LogP contribution in [0.1, 0.15) is 15.9 Å². The number of nitrogens with zero attached hydrogens (tertiary/aromatic N) is 1. The predicted octanol–water partition coefficient (Wildman–Crippen LogP) is 1.86. The first kappa shape index (κ1) is 12.4. The van der Waals surface area contributed by atoms with Crippen LogP contribution in [0.25, 0.3) is 0 Å². The van der Waals surface area contributed by atoms with Crippen molar-refractivity contribution in [2.24, 2.45) is 0 Å². The van der Waals surface area contributed by atoms with Crippen LogP contribution < -0.4 is 9.64 Å². The minimum Gasteiger partial charge on any atom is -0.496 e. The molecule has 88 valence electrons. The number of esters is 1. The number of benzene rings is 1. The van der Waals surface area contributed by atoms with Crippen LogP contribution in [0.15, 0.2) is 12.1 Å². The SMILES string of the molecule is COC(=O)c1c(OC)ccc(N(C)C)c1C. The van der Waals surface area contributed by atoms with Crippen molar-refractivity contribution >= 4 is 11.7 Å². The van der Waals surface area contributed by atoms with Gasteiger partial charge in [0.15, 0.2) is 0 Å². The van der Waals surface area contributed by atoms with Crippen LogP contribution >= 0.6 is 0 Å². The summed E-state index contributed by atoms with van der Waals surface area (Å²) in [5.41, 5.74) is 2.31. The second kappa shape index (κ2) is 4.88. The smallest absolute Gasteiger partial charge is 0.341 e. The molecule has 16 heavy (non-hydrogen) atoms. The monoisotopic (exact) mass is 223 g/mol. The van der Waals surface area contributed by atoms with Gasteiger partial charge in [0.25, 0.3) is 0 Å². The molecule has 0 amide bonds. The predicted molar refractivity (Wildman–Crippen MR) is 63.4 cm³/mol. The van der Waals surface area contributed by atoms with Gasteiger partial charge in [-0.15, -0.1) is 0 Å². The first-order valence-corrected chi connectivity index (χ1v) is 4.96. The number of hydrogen-bond acceptors (Lipinski definition) is 4. The molecule has 1 aromatic carbocycles. The fourth-order valence-corrected chi connectivity index (χ4v) is 1.69. The van der Waals surface area contributed by atoms with Crippen LogP contribution in [0.5, 0.6) is 5.75 Å². The molecule has 0 unspecified atom stereocenters. The van der Waals surface area contributed by atoms with Gasteiger partial charge in [-0.2, -0.15) is 0 Å². The summed E-state index contributed by atoms with van der Waals surface area (Å²) >= 11 is 0. The minimum atomic E-state index is -0.377. The zero-order valence-electron chi connectivity index (χ0n) is 10.3. The Hall–Kier alpha value is -1.71.